The van der Waals surface area contributed by atoms with Gasteiger partial charge in [0.25, 0.3) is 0 Å². The van der Waals surface area contributed by atoms with Gasteiger partial charge in [0.1, 0.15) is 15.6 Å². The van der Waals surface area contributed by atoms with E-state index in [1.807, 2.05) is 0 Å². The zero-order valence-electron chi connectivity index (χ0n) is 12.1. The Kier molecular flexibility index (Phi) is 5.33. The van der Waals surface area contributed by atoms with Gasteiger partial charge in [-0.1, -0.05) is 13.8 Å². The third kappa shape index (κ3) is 4.88. The second kappa shape index (κ2) is 5.88. The van der Waals surface area contributed by atoms with Crippen molar-refractivity contribution in [2.75, 3.05) is 24.7 Å². The number of sulfone groups is 1. The van der Waals surface area contributed by atoms with Gasteiger partial charge in [-0.15, -0.1) is 12.4 Å². The molecule has 0 radical (unpaired) electrons. The minimum absolute atomic E-state index is 0. The average molecular weight is 312 g/mol. The molecule has 2 rings (SSSR count). The van der Waals surface area contributed by atoms with Crippen LogP contribution in [0.2, 0.25) is 0 Å². The van der Waals surface area contributed by atoms with Gasteiger partial charge >= 0.3 is 0 Å². The molecule has 0 aromatic rings. The molecule has 2 saturated heterocycles. The quantitative estimate of drug-likeness (QED) is 0.847. The van der Waals surface area contributed by atoms with Crippen molar-refractivity contribution in [2.24, 2.45) is 11.3 Å². The summed E-state index contributed by atoms with van der Waals surface area (Å²) in [7, 11) is -2.76. The fourth-order valence-corrected chi connectivity index (χ4v) is 4.30. The topological polar surface area (TPSA) is 55.4 Å². The number of halogens is 1. The summed E-state index contributed by atoms with van der Waals surface area (Å²) in [5.74, 6) is 1.16. The van der Waals surface area contributed by atoms with Gasteiger partial charge in [-0.2, -0.15) is 0 Å². The lowest BCUT2D eigenvalue weighted by Gasteiger charge is -2.44. The van der Waals surface area contributed by atoms with Gasteiger partial charge in [-0.25, -0.2) is 8.42 Å². The summed E-state index contributed by atoms with van der Waals surface area (Å²) in [5.41, 5.74) is -0.0866. The van der Waals surface area contributed by atoms with Crippen LogP contribution in [0.1, 0.15) is 40.0 Å². The number of hydrogen-bond donors (Lipinski definition) is 1. The third-order valence-corrected chi connectivity index (χ3v) is 5.79. The van der Waals surface area contributed by atoms with Gasteiger partial charge in [-0.3, -0.25) is 5.32 Å². The molecule has 114 valence electrons. The molecule has 0 bridgehead atoms. The molecule has 2 heterocycles. The smallest absolute Gasteiger partial charge is 0.150 e. The standard InChI is InChI=1S/C13H25NO3S.ClH/c1-12(2)9-14-13(3,17-10-12)8-11-4-6-18(15,16)7-5-11;/h11,14H,4-10H2,1-3H3;1H. The lowest BCUT2D eigenvalue weighted by atomic mass is 9.88. The minimum Gasteiger partial charge on any atom is -0.360 e. The predicted molar refractivity (Wildman–Crippen MR) is 79.4 cm³/mol. The van der Waals surface area contributed by atoms with Crippen LogP contribution < -0.4 is 5.32 Å². The molecule has 0 aromatic carbocycles. The summed E-state index contributed by atoms with van der Waals surface area (Å²) < 4.78 is 28.8. The van der Waals surface area contributed by atoms with E-state index in [1.54, 1.807) is 0 Å². The van der Waals surface area contributed by atoms with Gasteiger partial charge < -0.3 is 4.74 Å². The lowest BCUT2D eigenvalue weighted by Crippen LogP contribution is -2.56. The maximum absolute atomic E-state index is 11.4. The summed E-state index contributed by atoms with van der Waals surface area (Å²) in [4.78, 5) is 0. The van der Waals surface area contributed by atoms with Crippen molar-refractivity contribution in [3.8, 4) is 0 Å². The summed E-state index contributed by atoms with van der Waals surface area (Å²) in [6, 6.07) is 0. The molecular weight excluding hydrogens is 286 g/mol. The van der Waals surface area contributed by atoms with Crippen molar-refractivity contribution in [1.82, 2.24) is 5.32 Å². The molecule has 2 aliphatic heterocycles. The number of nitrogens with one attached hydrogen (secondary N) is 1. The Labute approximate surface area is 123 Å². The Balaban J connectivity index is 0.00000180. The first kappa shape index (κ1) is 17.2. The van der Waals surface area contributed by atoms with Crippen molar-refractivity contribution in [2.45, 2.75) is 45.8 Å². The van der Waals surface area contributed by atoms with Crippen LogP contribution in [0.25, 0.3) is 0 Å². The first-order chi connectivity index (χ1) is 8.20. The molecule has 6 heteroatoms. The van der Waals surface area contributed by atoms with Gasteiger partial charge in [0.15, 0.2) is 0 Å². The van der Waals surface area contributed by atoms with E-state index >= 15 is 0 Å². The maximum atomic E-state index is 11.4. The number of hydrogen-bond acceptors (Lipinski definition) is 4. The van der Waals surface area contributed by atoms with E-state index in [0.29, 0.717) is 17.4 Å². The Bertz CT molecular complexity index is 384. The Morgan fingerprint density at radius 1 is 1.21 bits per heavy atom. The second-order valence-electron chi connectivity index (χ2n) is 6.84. The van der Waals surface area contributed by atoms with E-state index < -0.39 is 9.84 Å². The monoisotopic (exact) mass is 311 g/mol. The normalized spacial score (nSPS) is 34.5. The molecule has 2 fully saturated rings. The fraction of sp³-hybridized carbons (Fsp3) is 1.00. The van der Waals surface area contributed by atoms with E-state index in [9.17, 15) is 8.42 Å². The SMILES string of the molecule is CC1(C)CNC(C)(CC2CCS(=O)(=O)CC2)OC1.Cl. The van der Waals surface area contributed by atoms with Crippen LogP contribution in [0.3, 0.4) is 0 Å². The summed E-state index contributed by atoms with van der Waals surface area (Å²) in [6.45, 7) is 8.18. The van der Waals surface area contributed by atoms with Gasteiger partial charge in [0, 0.05) is 12.0 Å². The minimum atomic E-state index is -2.76. The van der Waals surface area contributed by atoms with Gasteiger partial charge in [0.2, 0.25) is 0 Å². The van der Waals surface area contributed by atoms with Crippen molar-refractivity contribution in [3.05, 3.63) is 0 Å². The zero-order chi connectivity index (χ0) is 13.4. The van der Waals surface area contributed by atoms with Crippen LogP contribution in [0, 0.1) is 11.3 Å². The van der Waals surface area contributed by atoms with Crippen molar-refractivity contribution >= 4 is 22.2 Å². The Morgan fingerprint density at radius 2 is 1.79 bits per heavy atom. The molecular formula is C13H26ClNO3S. The first-order valence-electron chi connectivity index (χ1n) is 6.79. The third-order valence-electron chi connectivity index (χ3n) is 4.07. The molecule has 4 nitrogen and oxygen atoms in total. The molecule has 0 aliphatic carbocycles. The van der Waals surface area contributed by atoms with Crippen molar-refractivity contribution in [1.29, 1.82) is 0 Å². The molecule has 19 heavy (non-hydrogen) atoms. The molecule has 0 aromatic heterocycles. The molecule has 1 N–H and O–H groups in total. The highest BCUT2D eigenvalue weighted by atomic mass is 35.5. The largest absolute Gasteiger partial charge is 0.360 e. The number of rotatable bonds is 2. The lowest BCUT2D eigenvalue weighted by molar-refractivity contribution is -0.137. The molecule has 1 unspecified atom stereocenters. The number of ether oxygens (including phenoxy) is 1. The maximum Gasteiger partial charge on any atom is 0.150 e. The summed E-state index contributed by atoms with van der Waals surface area (Å²) >= 11 is 0. The molecule has 1 atom stereocenters. The average Bonchev–Trinajstić information content (AvgIpc) is 2.27. The highest BCUT2D eigenvalue weighted by Crippen LogP contribution is 2.32. The Morgan fingerprint density at radius 3 is 2.26 bits per heavy atom. The van der Waals surface area contributed by atoms with E-state index in [1.165, 1.54) is 0 Å². The zero-order valence-corrected chi connectivity index (χ0v) is 13.7. The van der Waals surface area contributed by atoms with Crippen molar-refractivity contribution in [3.63, 3.8) is 0 Å². The second-order valence-corrected chi connectivity index (χ2v) is 9.14. The fourth-order valence-electron chi connectivity index (χ4n) is 2.71. The molecule has 2 aliphatic rings. The van der Waals surface area contributed by atoms with Crippen LogP contribution in [-0.4, -0.2) is 38.8 Å². The molecule has 0 amide bonds. The van der Waals surface area contributed by atoms with E-state index in [4.69, 9.17) is 4.74 Å². The summed E-state index contributed by atoms with van der Waals surface area (Å²) in [6.07, 6.45) is 2.48. The van der Waals surface area contributed by atoms with Crippen LogP contribution in [0.15, 0.2) is 0 Å². The van der Waals surface area contributed by atoms with Crippen LogP contribution in [0.4, 0.5) is 0 Å². The summed E-state index contributed by atoms with van der Waals surface area (Å²) in [5, 5.41) is 3.48. The van der Waals surface area contributed by atoms with Crippen LogP contribution in [0.5, 0.6) is 0 Å². The highest BCUT2D eigenvalue weighted by Gasteiger charge is 2.38. The van der Waals surface area contributed by atoms with Crippen molar-refractivity contribution < 1.29 is 13.2 Å². The van der Waals surface area contributed by atoms with E-state index in [2.05, 4.69) is 26.1 Å². The highest BCUT2D eigenvalue weighted by molar-refractivity contribution is 7.91. The predicted octanol–water partition coefficient (Wildman–Crippen LogP) is 1.99. The van der Waals surface area contributed by atoms with Gasteiger partial charge in [0.05, 0.1) is 18.1 Å². The van der Waals surface area contributed by atoms with Crippen LogP contribution in [-0.2, 0) is 14.6 Å². The van der Waals surface area contributed by atoms with E-state index in [-0.39, 0.29) is 23.5 Å². The molecule has 0 spiro atoms. The van der Waals surface area contributed by atoms with Crippen LogP contribution >= 0.6 is 12.4 Å². The first-order valence-corrected chi connectivity index (χ1v) is 8.61. The van der Waals surface area contributed by atoms with Gasteiger partial charge in [-0.05, 0) is 32.1 Å². The molecule has 0 saturated carbocycles. The Hall–Kier alpha value is 0.160. The van der Waals surface area contributed by atoms with E-state index in [0.717, 1.165) is 32.4 Å².